The largest absolute Gasteiger partial charge is 0.459 e. The molecule has 0 amide bonds. The van der Waals surface area contributed by atoms with Crippen LogP contribution in [0.2, 0.25) is 0 Å². The first-order valence-electron chi connectivity index (χ1n) is 7.14. The van der Waals surface area contributed by atoms with Crippen molar-refractivity contribution < 1.29 is 14.3 Å². The lowest BCUT2D eigenvalue weighted by Gasteiger charge is -2.13. The number of aromatic nitrogens is 2. The summed E-state index contributed by atoms with van der Waals surface area (Å²) in [5.74, 6) is 0.0418. The van der Waals surface area contributed by atoms with Crippen LogP contribution in [0.1, 0.15) is 24.5 Å². The average molecular weight is 324 g/mol. The summed E-state index contributed by atoms with van der Waals surface area (Å²) in [6, 6.07) is 1.85. The minimum atomic E-state index is -0.471. The molecule has 6 nitrogen and oxygen atoms in total. The summed E-state index contributed by atoms with van der Waals surface area (Å²) in [5.41, 5.74) is -0.199. The van der Waals surface area contributed by atoms with Crippen molar-refractivity contribution in [2.24, 2.45) is 0 Å². The van der Waals surface area contributed by atoms with Crippen molar-refractivity contribution in [1.82, 2.24) is 9.55 Å². The van der Waals surface area contributed by atoms with Gasteiger partial charge in [0, 0.05) is 12.0 Å². The van der Waals surface area contributed by atoms with Gasteiger partial charge in [-0.3, -0.25) is 14.2 Å². The van der Waals surface area contributed by atoms with Gasteiger partial charge in [-0.15, -0.1) is 11.3 Å². The molecule has 0 aliphatic carbocycles. The van der Waals surface area contributed by atoms with Crippen LogP contribution in [0.4, 0.5) is 0 Å². The highest BCUT2D eigenvalue weighted by Crippen LogP contribution is 2.21. The summed E-state index contributed by atoms with van der Waals surface area (Å²) < 4.78 is 11.5. The fourth-order valence-corrected chi connectivity index (χ4v) is 3.19. The number of methoxy groups -OCH3 is 1. The van der Waals surface area contributed by atoms with Gasteiger partial charge in [-0.05, 0) is 26.3 Å². The van der Waals surface area contributed by atoms with Crippen LogP contribution in [0.3, 0.4) is 0 Å². The maximum Gasteiger partial charge on any atom is 0.326 e. The van der Waals surface area contributed by atoms with Gasteiger partial charge in [0.1, 0.15) is 23.3 Å². The Balaban J connectivity index is 2.27. The molecule has 22 heavy (non-hydrogen) atoms. The van der Waals surface area contributed by atoms with Crippen LogP contribution in [-0.4, -0.2) is 35.3 Å². The number of ether oxygens (including phenoxy) is 2. The van der Waals surface area contributed by atoms with Crippen LogP contribution in [0, 0.1) is 6.92 Å². The first-order chi connectivity index (χ1) is 10.5. The van der Waals surface area contributed by atoms with E-state index < -0.39 is 5.97 Å². The highest BCUT2D eigenvalue weighted by atomic mass is 32.1. The highest BCUT2D eigenvalue weighted by Gasteiger charge is 2.16. The van der Waals surface area contributed by atoms with Crippen LogP contribution in [0.15, 0.2) is 10.9 Å². The summed E-state index contributed by atoms with van der Waals surface area (Å²) in [6.45, 7) is 5.67. The van der Waals surface area contributed by atoms with Gasteiger partial charge in [-0.1, -0.05) is 6.92 Å². The molecule has 0 aliphatic rings. The third-order valence-corrected chi connectivity index (χ3v) is 4.44. The molecule has 0 saturated heterocycles. The summed E-state index contributed by atoms with van der Waals surface area (Å²) >= 11 is 1.51. The van der Waals surface area contributed by atoms with Crippen molar-refractivity contribution >= 4 is 27.5 Å². The van der Waals surface area contributed by atoms with E-state index in [1.807, 2.05) is 13.0 Å². The minimum Gasteiger partial charge on any atom is -0.459 e. The Labute approximate surface area is 132 Å². The van der Waals surface area contributed by atoms with Gasteiger partial charge in [0.15, 0.2) is 0 Å². The van der Waals surface area contributed by atoms with Gasteiger partial charge in [0.05, 0.1) is 12.0 Å². The standard InChI is InChI=1S/C15H20N2O4S/c1-5-11-6-12-14(22-11)16-10(3)17(15(12)19)7-13(18)21-9(2)8-20-4/h6,9H,5,7-8H2,1-4H3. The van der Waals surface area contributed by atoms with Gasteiger partial charge < -0.3 is 9.47 Å². The second kappa shape index (κ2) is 7.02. The maximum atomic E-state index is 12.5. The van der Waals surface area contributed by atoms with Crippen molar-refractivity contribution in [2.75, 3.05) is 13.7 Å². The summed E-state index contributed by atoms with van der Waals surface area (Å²) in [5, 5.41) is 0.560. The van der Waals surface area contributed by atoms with E-state index in [-0.39, 0.29) is 18.2 Å². The number of nitrogens with zero attached hydrogens (tertiary/aromatic N) is 2. The van der Waals surface area contributed by atoms with Crippen molar-refractivity contribution in [3.05, 3.63) is 27.1 Å². The van der Waals surface area contributed by atoms with E-state index in [0.29, 0.717) is 17.8 Å². The number of thiophene rings is 1. The zero-order valence-corrected chi connectivity index (χ0v) is 14.0. The predicted octanol–water partition coefficient (Wildman–Crippen LogP) is 1.91. The van der Waals surface area contributed by atoms with Crippen LogP contribution >= 0.6 is 11.3 Å². The average Bonchev–Trinajstić information content (AvgIpc) is 2.86. The van der Waals surface area contributed by atoms with Crippen molar-refractivity contribution in [2.45, 2.75) is 39.8 Å². The third kappa shape index (κ3) is 3.53. The van der Waals surface area contributed by atoms with Crippen molar-refractivity contribution in [3.8, 4) is 0 Å². The minimum absolute atomic E-state index is 0.140. The molecule has 0 aromatic carbocycles. The lowest BCUT2D eigenvalue weighted by molar-refractivity contribution is -0.151. The smallest absolute Gasteiger partial charge is 0.326 e. The maximum absolute atomic E-state index is 12.5. The first-order valence-corrected chi connectivity index (χ1v) is 7.96. The number of hydrogen-bond donors (Lipinski definition) is 0. The lowest BCUT2D eigenvalue weighted by Crippen LogP contribution is -2.30. The third-order valence-electron chi connectivity index (χ3n) is 3.26. The van der Waals surface area contributed by atoms with Crippen LogP contribution < -0.4 is 5.56 Å². The molecule has 2 rings (SSSR count). The van der Waals surface area contributed by atoms with Crippen molar-refractivity contribution in [3.63, 3.8) is 0 Å². The SMILES string of the molecule is CCc1cc2c(=O)n(CC(=O)OC(C)COC)c(C)nc2s1. The zero-order chi connectivity index (χ0) is 16.3. The Bertz CT molecular complexity index is 735. The van der Waals surface area contributed by atoms with E-state index in [1.54, 1.807) is 21.0 Å². The number of carbonyl (C=O) groups is 1. The van der Waals surface area contributed by atoms with E-state index in [0.717, 1.165) is 16.1 Å². The second-order valence-corrected chi connectivity index (χ2v) is 6.21. The van der Waals surface area contributed by atoms with Crippen LogP contribution in [0.5, 0.6) is 0 Å². The molecular weight excluding hydrogens is 304 g/mol. The molecule has 120 valence electrons. The topological polar surface area (TPSA) is 70.4 Å². The fraction of sp³-hybridized carbons (Fsp3) is 0.533. The molecule has 0 fully saturated rings. The predicted molar refractivity (Wildman–Crippen MR) is 85.4 cm³/mol. The van der Waals surface area contributed by atoms with E-state index in [4.69, 9.17) is 9.47 Å². The molecule has 1 unspecified atom stereocenters. The number of fused-ring (bicyclic) bond motifs is 1. The molecule has 0 spiro atoms. The summed E-state index contributed by atoms with van der Waals surface area (Å²) in [4.78, 5) is 30.7. The molecule has 0 N–H and O–H groups in total. The Morgan fingerprint density at radius 2 is 2.23 bits per heavy atom. The number of aryl methyl sites for hydroxylation is 2. The van der Waals surface area contributed by atoms with Gasteiger partial charge in [-0.2, -0.15) is 0 Å². The zero-order valence-electron chi connectivity index (χ0n) is 13.2. The van der Waals surface area contributed by atoms with Gasteiger partial charge >= 0.3 is 5.97 Å². The molecule has 2 aromatic heterocycles. The molecule has 0 saturated carbocycles. The monoisotopic (exact) mass is 324 g/mol. The molecule has 2 heterocycles. The van der Waals surface area contributed by atoms with E-state index in [9.17, 15) is 9.59 Å². The van der Waals surface area contributed by atoms with Gasteiger partial charge in [0.25, 0.3) is 5.56 Å². The van der Waals surface area contributed by atoms with Crippen molar-refractivity contribution in [1.29, 1.82) is 0 Å². The Morgan fingerprint density at radius 1 is 1.50 bits per heavy atom. The molecular formula is C15H20N2O4S. The summed E-state index contributed by atoms with van der Waals surface area (Å²) in [6.07, 6.45) is 0.508. The van der Waals surface area contributed by atoms with Gasteiger partial charge in [0.2, 0.25) is 0 Å². The van der Waals surface area contributed by atoms with Gasteiger partial charge in [-0.25, -0.2) is 4.98 Å². The normalized spacial score (nSPS) is 12.5. The number of rotatable bonds is 6. The lowest BCUT2D eigenvalue weighted by atomic mass is 10.3. The fourth-order valence-electron chi connectivity index (χ4n) is 2.19. The highest BCUT2D eigenvalue weighted by molar-refractivity contribution is 7.18. The number of hydrogen-bond acceptors (Lipinski definition) is 6. The molecule has 0 radical (unpaired) electrons. The molecule has 7 heteroatoms. The number of carbonyl (C=O) groups excluding carboxylic acids is 1. The number of esters is 1. The molecule has 2 aromatic rings. The van der Waals surface area contributed by atoms with E-state index >= 15 is 0 Å². The quantitative estimate of drug-likeness (QED) is 0.759. The molecule has 0 bridgehead atoms. The second-order valence-electron chi connectivity index (χ2n) is 5.09. The Kier molecular flexibility index (Phi) is 5.31. The summed E-state index contributed by atoms with van der Waals surface area (Å²) in [7, 11) is 1.54. The van der Waals surface area contributed by atoms with E-state index in [2.05, 4.69) is 4.98 Å². The Morgan fingerprint density at radius 3 is 2.86 bits per heavy atom. The molecule has 1 atom stereocenters. The van der Waals surface area contributed by atoms with Crippen LogP contribution in [0.25, 0.3) is 10.2 Å². The first kappa shape index (κ1) is 16.6. The van der Waals surface area contributed by atoms with Crippen LogP contribution in [-0.2, 0) is 27.2 Å². The van der Waals surface area contributed by atoms with E-state index in [1.165, 1.54) is 15.9 Å². The Hall–Kier alpha value is -1.73. The molecule has 0 aliphatic heterocycles.